The molecule has 1 fully saturated rings. The molecule has 2 rings (SSSR count). The zero-order chi connectivity index (χ0) is 16.1. The molecular formula is C17H24N2O3. The summed E-state index contributed by atoms with van der Waals surface area (Å²) in [5, 5.41) is 3.12. The number of anilines is 1. The van der Waals surface area contributed by atoms with Crippen LogP contribution in [-0.4, -0.2) is 42.5 Å². The van der Waals surface area contributed by atoms with E-state index in [0.717, 1.165) is 18.5 Å². The molecule has 2 atom stereocenters. The normalized spacial score (nSPS) is 21.3. The summed E-state index contributed by atoms with van der Waals surface area (Å²) in [6, 6.07) is 7.54. The van der Waals surface area contributed by atoms with Gasteiger partial charge in [-0.1, -0.05) is 0 Å². The topological polar surface area (TPSA) is 58.6 Å². The number of benzene rings is 1. The molecule has 1 aromatic rings. The van der Waals surface area contributed by atoms with Gasteiger partial charge in [0.25, 0.3) is 0 Å². The highest BCUT2D eigenvalue weighted by Crippen LogP contribution is 2.22. The first-order valence-corrected chi connectivity index (χ1v) is 7.76. The fraction of sp³-hybridized carbons (Fsp3) is 0.529. The first-order chi connectivity index (χ1) is 10.5. The molecule has 22 heavy (non-hydrogen) atoms. The number of esters is 1. The Kier molecular flexibility index (Phi) is 5.41. The predicted molar refractivity (Wildman–Crippen MR) is 85.9 cm³/mol. The first kappa shape index (κ1) is 16.3. The molecule has 1 aliphatic rings. The van der Waals surface area contributed by atoms with Crippen molar-refractivity contribution < 1.29 is 14.3 Å². The van der Waals surface area contributed by atoms with Crippen molar-refractivity contribution in [2.24, 2.45) is 0 Å². The standard InChI is InChI=1S/C17H24N2O3/c1-12-5-4-6-13(2)19(12)16(20)11-18-15-9-7-14(8-10-15)17(21)22-3/h7-10,12-13,18H,4-6,11H2,1-3H3/t12-,13+. The minimum atomic E-state index is -0.362. The Hall–Kier alpha value is -2.04. The van der Waals surface area contributed by atoms with Gasteiger partial charge in [-0.05, 0) is 57.4 Å². The lowest BCUT2D eigenvalue weighted by atomic mass is 9.97. The Morgan fingerprint density at radius 3 is 2.32 bits per heavy atom. The quantitative estimate of drug-likeness (QED) is 0.869. The van der Waals surface area contributed by atoms with Crippen molar-refractivity contribution in [2.75, 3.05) is 19.0 Å². The Balaban J connectivity index is 1.92. The number of nitrogens with one attached hydrogen (secondary N) is 1. The first-order valence-electron chi connectivity index (χ1n) is 7.76. The van der Waals surface area contributed by atoms with Crippen LogP contribution in [0.4, 0.5) is 5.69 Å². The van der Waals surface area contributed by atoms with E-state index in [0.29, 0.717) is 17.6 Å². The third-order valence-corrected chi connectivity index (χ3v) is 4.23. The summed E-state index contributed by atoms with van der Waals surface area (Å²) < 4.78 is 4.66. The molecule has 5 nitrogen and oxygen atoms in total. The molecule has 0 aliphatic carbocycles. The Labute approximate surface area is 131 Å². The molecule has 0 aromatic heterocycles. The maximum atomic E-state index is 12.4. The second-order valence-electron chi connectivity index (χ2n) is 5.85. The highest BCUT2D eigenvalue weighted by atomic mass is 16.5. The van der Waals surface area contributed by atoms with Crippen LogP contribution in [0.1, 0.15) is 43.5 Å². The number of amides is 1. The summed E-state index contributed by atoms with van der Waals surface area (Å²) in [6.45, 7) is 4.49. The molecule has 1 heterocycles. The van der Waals surface area contributed by atoms with Crippen molar-refractivity contribution in [2.45, 2.75) is 45.2 Å². The lowest BCUT2D eigenvalue weighted by molar-refractivity contribution is -0.135. The number of hydrogen-bond acceptors (Lipinski definition) is 4. The maximum absolute atomic E-state index is 12.4. The number of ether oxygens (including phenoxy) is 1. The molecule has 1 N–H and O–H groups in total. The lowest BCUT2D eigenvalue weighted by Gasteiger charge is -2.39. The molecule has 0 saturated carbocycles. The van der Waals surface area contributed by atoms with Crippen LogP contribution in [0, 0.1) is 0 Å². The third-order valence-electron chi connectivity index (χ3n) is 4.23. The second kappa shape index (κ2) is 7.29. The maximum Gasteiger partial charge on any atom is 0.337 e. The van der Waals surface area contributed by atoms with Gasteiger partial charge in [0.1, 0.15) is 0 Å². The summed E-state index contributed by atoms with van der Waals surface area (Å²) >= 11 is 0. The van der Waals surface area contributed by atoms with Crippen LogP contribution in [-0.2, 0) is 9.53 Å². The van der Waals surface area contributed by atoms with Gasteiger partial charge in [0.2, 0.25) is 5.91 Å². The molecule has 0 spiro atoms. The molecule has 1 aromatic carbocycles. The summed E-state index contributed by atoms with van der Waals surface area (Å²) in [6.07, 6.45) is 3.34. The minimum absolute atomic E-state index is 0.122. The van der Waals surface area contributed by atoms with Crippen LogP contribution in [0.5, 0.6) is 0 Å². The third kappa shape index (κ3) is 3.78. The largest absolute Gasteiger partial charge is 0.465 e. The van der Waals surface area contributed by atoms with E-state index in [1.807, 2.05) is 4.90 Å². The number of likely N-dealkylation sites (tertiary alicyclic amines) is 1. The van der Waals surface area contributed by atoms with E-state index >= 15 is 0 Å². The molecular weight excluding hydrogens is 280 g/mol. The summed E-state index contributed by atoms with van der Waals surface area (Å²) in [5.74, 6) is -0.240. The molecule has 1 amide bonds. The molecule has 1 saturated heterocycles. The predicted octanol–water partition coefficient (Wildman–Crippen LogP) is 2.67. The second-order valence-corrected chi connectivity index (χ2v) is 5.85. The average Bonchev–Trinajstić information content (AvgIpc) is 2.52. The van der Waals surface area contributed by atoms with Gasteiger partial charge >= 0.3 is 5.97 Å². The molecule has 0 bridgehead atoms. The van der Waals surface area contributed by atoms with Crippen LogP contribution in [0.25, 0.3) is 0 Å². The van der Waals surface area contributed by atoms with E-state index in [1.165, 1.54) is 13.5 Å². The van der Waals surface area contributed by atoms with Gasteiger partial charge < -0.3 is 15.0 Å². The van der Waals surface area contributed by atoms with Crippen LogP contribution in [0.3, 0.4) is 0 Å². The number of carbonyl (C=O) groups is 2. The highest BCUT2D eigenvalue weighted by Gasteiger charge is 2.28. The SMILES string of the molecule is COC(=O)c1ccc(NCC(=O)N2[C@H](C)CCC[C@@H]2C)cc1. The van der Waals surface area contributed by atoms with E-state index in [9.17, 15) is 9.59 Å². The van der Waals surface area contributed by atoms with Crippen LogP contribution in [0.2, 0.25) is 0 Å². The van der Waals surface area contributed by atoms with Crippen LogP contribution < -0.4 is 5.32 Å². The van der Waals surface area contributed by atoms with E-state index in [1.54, 1.807) is 24.3 Å². The van der Waals surface area contributed by atoms with Crippen LogP contribution >= 0.6 is 0 Å². The summed E-state index contributed by atoms with van der Waals surface area (Å²) in [5.41, 5.74) is 1.32. The van der Waals surface area contributed by atoms with E-state index in [2.05, 4.69) is 23.9 Å². The van der Waals surface area contributed by atoms with Gasteiger partial charge in [-0.15, -0.1) is 0 Å². The molecule has 1 aliphatic heterocycles. The van der Waals surface area contributed by atoms with E-state index < -0.39 is 0 Å². The van der Waals surface area contributed by atoms with Crippen molar-refractivity contribution in [3.8, 4) is 0 Å². The molecule has 0 unspecified atom stereocenters. The smallest absolute Gasteiger partial charge is 0.337 e. The summed E-state index contributed by atoms with van der Waals surface area (Å²) in [4.78, 5) is 25.8. The number of nitrogens with zero attached hydrogens (tertiary/aromatic N) is 1. The van der Waals surface area contributed by atoms with Crippen LogP contribution in [0.15, 0.2) is 24.3 Å². The molecule has 120 valence electrons. The monoisotopic (exact) mass is 304 g/mol. The number of carbonyl (C=O) groups excluding carboxylic acids is 2. The van der Waals surface area contributed by atoms with Crippen molar-refractivity contribution in [3.05, 3.63) is 29.8 Å². The van der Waals surface area contributed by atoms with Gasteiger partial charge in [-0.25, -0.2) is 4.79 Å². The van der Waals surface area contributed by atoms with E-state index in [4.69, 9.17) is 0 Å². The number of hydrogen-bond donors (Lipinski definition) is 1. The fourth-order valence-electron chi connectivity index (χ4n) is 3.02. The zero-order valence-electron chi connectivity index (χ0n) is 13.5. The van der Waals surface area contributed by atoms with E-state index in [-0.39, 0.29) is 18.4 Å². The number of piperidine rings is 1. The van der Waals surface area contributed by atoms with Crippen molar-refractivity contribution in [1.82, 2.24) is 4.90 Å². The van der Waals surface area contributed by atoms with Crippen molar-refractivity contribution in [3.63, 3.8) is 0 Å². The number of methoxy groups -OCH3 is 1. The highest BCUT2D eigenvalue weighted by molar-refractivity contribution is 5.89. The number of rotatable bonds is 4. The summed E-state index contributed by atoms with van der Waals surface area (Å²) in [7, 11) is 1.36. The van der Waals surface area contributed by atoms with Gasteiger partial charge in [0.05, 0.1) is 19.2 Å². The molecule has 0 radical (unpaired) electrons. The molecule has 5 heteroatoms. The Morgan fingerprint density at radius 2 is 1.77 bits per heavy atom. The average molecular weight is 304 g/mol. The lowest BCUT2D eigenvalue weighted by Crippen LogP contribution is -2.49. The van der Waals surface area contributed by atoms with Crippen molar-refractivity contribution >= 4 is 17.6 Å². The zero-order valence-corrected chi connectivity index (χ0v) is 13.5. The Bertz CT molecular complexity index is 517. The Morgan fingerprint density at radius 1 is 1.18 bits per heavy atom. The van der Waals surface area contributed by atoms with Gasteiger partial charge in [0, 0.05) is 17.8 Å². The fourth-order valence-corrected chi connectivity index (χ4v) is 3.02. The van der Waals surface area contributed by atoms with Gasteiger partial charge in [-0.3, -0.25) is 4.79 Å². The van der Waals surface area contributed by atoms with Gasteiger partial charge in [0.15, 0.2) is 0 Å². The van der Waals surface area contributed by atoms with Crippen molar-refractivity contribution in [1.29, 1.82) is 0 Å². The minimum Gasteiger partial charge on any atom is -0.465 e. The van der Waals surface area contributed by atoms with Gasteiger partial charge in [-0.2, -0.15) is 0 Å².